The molecule has 1 aliphatic carbocycles. The number of hydrogen-bond donors (Lipinski definition) is 0. The number of carbonyl (C=O) groups is 1. The van der Waals surface area contributed by atoms with Crippen LogP contribution in [0.1, 0.15) is 72.2 Å². The van der Waals surface area contributed by atoms with Gasteiger partial charge in [-0.3, -0.25) is 0 Å². The standard InChI is InChI=1S/C27H41NO5Si2/c1-18(2)34(19(3)4)30-17-27(16-28)22(9)24(31-26(29)23-13-11-10-12-14-23)15-25(27)32-35(33-34,20(5)6)21(7)8/h10-14,18-21,24-25H,9,15,17H2,1-8H3. The van der Waals surface area contributed by atoms with Crippen molar-refractivity contribution in [1.82, 2.24) is 0 Å². The van der Waals surface area contributed by atoms with Gasteiger partial charge in [0.05, 0.1) is 24.3 Å². The zero-order valence-corrected chi connectivity index (χ0v) is 24.5. The number of fused-ring (bicyclic) bond motifs is 1. The molecule has 0 radical (unpaired) electrons. The fourth-order valence-corrected chi connectivity index (χ4v) is 16.9. The molecule has 0 spiro atoms. The minimum atomic E-state index is -2.89. The third kappa shape index (κ3) is 4.69. The van der Waals surface area contributed by atoms with Gasteiger partial charge in [0.15, 0.2) is 0 Å². The van der Waals surface area contributed by atoms with Crippen LogP contribution in [0.25, 0.3) is 0 Å². The summed E-state index contributed by atoms with van der Waals surface area (Å²) in [5.41, 5.74) is 0.550. The van der Waals surface area contributed by atoms with Gasteiger partial charge < -0.3 is 17.7 Å². The smallest absolute Gasteiger partial charge is 0.338 e. The molecule has 1 heterocycles. The lowest BCUT2D eigenvalue weighted by Crippen LogP contribution is -2.65. The van der Waals surface area contributed by atoms with E-state index in [1.165, 1.54) is 0 Å². The molecule has 1 saturated heterocycles. The van der Waals surface area contributed by atoms with Crippen molar-refractivity contribution in [3.63, 3.8) is 0 Å². The first-order valence-electron chi connectivity index (χ1n) is 12.7. The second-order valence-electron chi connectivity index (χ2n) is 11.2. The first-order chi connectivity index (χ1) is 16.4. The molecule has 1 saturated carbocycles. The number of esters is 1. The van der Waals surface area contributed by atoms with E-state index in [2.05, 4.69) is 68.0 Å². The van der Waals surface area contributed by atoms with E-state index in [0.717, 1.165) is 0 Å². The third-order valence-corrected chi connectivity index (χ3v) is 18.0. The Morgan fingerprint density at radius 3 is 2.06 bits per heavy atom. The van der Waals surface area contributed by atoms with Crippen molar-refractivity contribution < 1.29 is 22.5 Å². The van der Waals surface area contributed by atoms with Gasteiger partial charge in [-0.2, -0.15) is 5.26 Å². The predicted octanol–water partition coefficient (Wildman–Crippen LogP) is 6.64. The largest absolute Gasteiger partial charge is 0.454 e. The van der Waals surface area contributed by atoms with Crippen LogP contribution in [0.5, 0.6) is 0 Å². The van der Waals surface area contributed by atoms with Crippen LogP contribution in [0, 0.1) is 16.7 Å². The van der Waals surface area contributed by atoms with Crippen molar-refractivity contribution >= 4 is 23.1 Å². The number of carbonyl (C=O) groups excluding carboxylic acids is 1. The Balaban J connectivity index is 2.07. The van der Waals surface area contributed by atoms with Crippen molar-refractivity contribution in [3.8, 4) is 6.07 Å². The average Bonchev–Trinajstić information content (AvgIpc) is 3.04. The van der Waals surface area contributed by atoms with Gasteiger partial charge in [-0.15, -0.1) is 0 Å². The first-order valence-corrected chi connectivity index (χ1v) is 16.7. The molecule has 8 heteroatoms. The summed E-state index contributed by atoms with van der Waals surface area (Å²) in [7, 11) is -5.69. The normalized spacial score (nSPS) is 28.0. The van der Waals surface area contributed by atoms with Gasteiger partial charge in [0, 0.05) is 6.42 Å². The van der Waals surface area contributed by atoms with Crippen LogP contribution < -0.4 is 0 Å². The summed E-state index contributed by atoms with van der Waals surface area (Å²) in [4.78, 5) is 12.9. The Kier molecular flexibility index (Phi) is 8.19. The number of benzene rings is 1. The van der Waals surface area contributed by atoms with Crippen molar-refractivity contribution in [2.24, 2.45) is 5.41 Å². The molecule has 2 aliphatic rings. The summed E-state index contributed by atoms with van der Waals surface area (Å²) in [5, 5.41) is 10.6. The van der Waals surface area contributed by atoms with Crippen molar-refractivity contribution in [1.29, 1.82) is 5.26 Å². The van der Waals surface area contributed by atoms with Crippen molar-refractivity contribution in [2.45, 2.75) is 96.2 Å². The minimum absolute atomic E-state index is 0.135. The van der Waals surface area contributed by atoms with E-state index in [9.17, 15) is 10.1 Å². The van der Waals surface area contributed by atoms with Crippen molar-refractivity contribution in [3.05, 3.63) is 48.0 Å². The monoisotopic (exact) mass is 515 g/mol. The summed E-state index contributed by atoms with van der Waals surface area (Å²) in [5.74, 6) is -0.430. The molecule has 0 amide bonds. The highest BCUT2D eigenvalue weighted by atomic mass is 28.5. The Bertz CT molecular complexity index is 956. The maximum atomic E-state index is 12.9. The van der Waals surface area contributed by atoms with E-state index in [0.29, 0.717) is 17.6 Å². The Labute approximate surface area is 213 Å². The first kappa shape index (κ1) is 27.8. The Hall–Kier alpha value is -1.77. The zero-order chi connectivity index (χ0) is 26.2. The van der Waals surface area contributed by atoms with E-state index >= 15 is 0 Å². The van der Waals surface area contributed by atoms with Crippen LogP contribution in [0.15, 0.2) is 42.5 Å². The fraction of sp³-hybridized carbons (Fsp3) is 0.630. The molecule has 1 aromatic carbocycles. The highest BCUT2D eigenvalue weighted by Gasteiger charge is 2.64. The fourth-order valence-electron chi connectivity index (χ4n) is 5.60. The molecule has 3 atom stereocenters. The highest BCUT2D eigenvalue weighted by molar-refractivity contribution is 6.84. The summed E-state index contributed by atoms with van der Waals surface area (Å²) < 4.78 is 27.0. The van der Waals surface area contributed by atoms with Gasteiger partial charge >= 0.3 is 23.1 Å². The summed E-state index contributed by atoms with van der Waals surface area (Å²) in [6.45, 7) is 21.6. The molecular formula is C27H41NO5Si2. The van der Waals surface area contributed by atoms with Crippen LogP contribution >= 0.6 is 0 Å². The van der Waals surface area contributed by atoms with E-state index in [4.69, 9.17) is 17.7 Å². The van der Waals surface area contributed by atoms with E-state index in [1.54, 1.807) is 24.3 Å². The summed E-state index contributed by atoms with van der Waals surface area (Å²) >= 11 is 0. The summed E-state index contributed by atoms with van der Waals surface area (Å²) in [6, 6.07) is 11.4. The molecule has 3 unspecified atom stereocenters. The lowest BCUT2D eigenvalue weighted by atomic mass is 9.83. The van der Waals surface area contributed by atoms with Crippen LogP contribution in [-0.4, -0.2) is 41.9 Å². The van der Waals surface area contributed by atoms with Crippen molar-refractivity contribution in [2.75, 3.05) is 6.61 Å². The van der Waals surface area contributed by atoms with Gasteiger partial charge in [0.1, 0.15) is 11.5 Å². The molecule has 1 aliphatic heterocycles. The van der Waals surface area contributed by atoms with Crippen LogP contribution in [0.3, 0.4) is 0 Å². The molecule has 3 rings (SSSR count). The average molecular weight is 516 g/mol. The van der Waals surface area contributed by atoms with Gasteiger partial charge in [0.25, 0.3) is 0 Å². The third-order valence-electron chi connectivity index (χ3n) is 7.79. The topological polar surface area (TPSA) is 77.8 Å². The maximum Gasteiger partial charge on any atom is 0.338 e. The van der Waals surface area contributed by atoms with Gasteiger partial charge in [-0.05, 0) is 39.9 Å². The second kappa shape index (κ2) is 10.3. The number of rotatable bonds is 6. The molecule has 0 aromatic heterocycles. The zero-order valence-electron chi connectivity index (χ0n) is 22.5. The van der Waals surface area contributed by atoms with Crippen LogP contribution in [0.4, 0.5) is 0 Å². The number of nitrogens with zero attached hydrogens (tertiary/aromatic N) is 1. The van der Waals surface area contributed by atoms with Gasteiger partial charge in [-0.1, -0.05) is 80.2 Å². The maximum absolute atomic E-state index is 12.9. The molecule has 35 heavy (non-hydrogen) atoms. The molecule has 192 valence electrons. The number of ether oxygens (including phenoxy) is 1. The molecule has 1 aromatic rings. The predicted molar refractivity (Wildman–Crippen MR) is 141 cm³/mol. The van der Waals surface area contributed by atoms with Crippen LogP contribution in [-0.2, 0) is 17.7 Å². The molecule has 0 N–H and O–H groups in total. The van der Waals surface area contributed by atoms with E-state index in [1.807, 2.05) is 6.07 Å². The molecule has 2 fully saturated rings. The Morgan fingerprint density at radius 2 is 1.57 bits per heavy atom. The van der Waals surface area contributed by atoms with E-state index < -0.39 is 40.7 Å². The second-order valence-corrected chi connectivity index (χ2v) is 20.0. The number of nitriles is 1. The van der Waals surface area contributed by atoms with E-state index in [-0.39, 0.29) is 28.8 Å². The number of hydrogen-bond acceptors (Lipinski definition) is 6. The highest BCUT2D eigenvalue weighted by Crippen LogP contribution is 2.53. The SMILES string of the molecule is C=C1C(OC(=O)c2ccccc2)CC2O[Si](C(C)C)(C(C)C)O[Si](C(C)C)(C(C)C)OCC12C#N. The lowest BCUT2D eigenvalue weighted by molar-refractivity contribution is 0.0125. The lowest BCUT2D eigenvalue weighted by Gasteiger charge is -2.52. The van der Waals surface area contributed by atoms with Gasteiger partial charge in [0.2, 0.25) is 0 Å². The van der Waals surface area contributed by atoms with Gasteiger partial charge in [-0.25, -0.2) is 4.79 Å². The van der Waals surface area contributed by atoms with Crippen LogP contribution in [0.2, 0.25) is 22.2 Å². The quantitative estimate of drug-likeness (QED) is 0.240. The molecule has 0 bridgehead atoms. The summed E-state index contributed by atoms with van der Waals surface area (Å²) in [6.07, 6.45) is -0.783. The molecular weight excluding hydrogens is 474 g/mol. The minimum Gasteiger partial charge on any atom is -0.454 e. The Morgan fingerprint density at radius 1 is 1.03 bits per heavy atom. The molecule has 6 nitrogen and oxygen atoms in total.